The highest BCUT2D eigenvalue weighted by atomic mass is 35.5. The third-order valence-corrected chi connectivity index (χ3v) is 3.01. The average Bonchev–Trinajstić information content (AvgIpc) is 2.16. The summed E-state index contributed by atoms with van der Waals surface area (Å²) in [5.41, 5.74) is 0.996. The van der Waals surface area contributed by atoms with Crippen LogP contribution in [0.15, 0.2) is 12.1 Å². The summed E-state index contributed by atoms with van der Waals surface area (Å²) in [6.07, 6.45) is 1.84. The number of hydrogen-bond donors (Lipinski definition) is 0. The number of carbonyl (C=O) groups excluding carboxylic acids is 1. The molecule has 0 aliphatic rings. The number of pyridine rings is 1. The first-order chi connectivity index (χ1) is 7.38. The van der Waals surface area contributed by atoms with Gasteiger partial charge in [-0.2, -0.15) is 0 Å². The predicted molar refractivity (Wildman–Crippen MR) is 67.0 cm³/mol. The van der Waals surface area contributed by atoms with E-state index in [1.807, 2.05) is 26.8 Å². The van der Waals surface area contributed by atoms with E-state index in [4.69, 9.17) is 11.6 Å². The number of carbonyl (C=O) groups is 1. The van der Waals surface area contributed by atoms with E-state index in [0.717, 1.165) is 18.5 Å². The first kappa shape index (κ1) is 13.2. The van der Waals surface area contributed by atoms with E-state index in [9.17, 15) is 4.79 Å². The Morgan fingerprint density at radius 3 is 2.56 bits per heavy atom. The van der Waals surface area contributed by atoms with Gasteiger partial charge in [-0.15, -0.1) is 0 Å². The smallest absolute Gasteiger partial charge is 0.171 e. The molecule has 1 aromatic heterocycles. The van der Waals surface area contributed by atoms with E-state index in [2.05, 4.69) is 11.9 Å². The molecule has 1 aromatic rings. The number of rotatable bonds is 4. The number of aromatic nitrogens is 1. The van der Waals surface area contributed by atoms with Gasteiger partial charge in [0.1, 0.15) is 5.15 Å². The molecule has 0 N–H and O–H groups in total. The van der Waals surface area contributed by atoms with Crippen molar-refractivity contribution in [3.05, 3.63) is 28.5 Å². The number of nitrogens with zero attached hydrogens (tertiary/aromatic N) is 1. The molecule has 3 heteroatoms. The molecule has 0 aromatic carbocycles. The van der Waals surface area contributed by atoms with Gasteiger partial charge in [0, 0.05) is 11.1 Å². The molecular weight excluding hydrogens is 222 g/mol. The number of hydrogen-bond acceptors (Lipinski definition) is 2. The molecule has 0 aliphatic heterocycles. The monoisotopic (exact) mass is 239 g/mol. The molecule has 1 heterocycles. The fraction of sp³-hybridized carbons (Fsp3) is 0.538. The van der Waals surface area contributed by atoms with Gasteiger partial charge in [0.2, 0.25) is 0 Å². The molecule has 0 atom stereocenters. The van der Waals surface area contributed by atoms with Gasteiger partial charge >= 0.3 is 0 Å². The Labute approximate surface area is 102 Å². The maximum atomic E-state index is 12.3. The zero-order valence-corrected chi connectivity index (χ0v) is 11.1. The molecule has 0 radical (unpaired) electrons. The van der Waals surface area contributed by atoms with Crippen molar-refractivity contribution in [1.29, 1.82) is 0 Å². The fourth-order valence-electron chi connectivity index (χ4n) is 1.80. The van der Waals surface area contributed by atoms with Crippen LogP contribution in [0.3, 0.4) is 0 Å². The van der Waals surface area contributed by atoms with Crippen LogP contribution < -0.4 is 0 Å². The predicted octanol–water partition coefficient (Wildman–Crippen LogP) is 4.05. The summed E-state index contributed by atoms with van der Waals surface area (Å²) in [4.78, 5) is 16.4. The summed E-state index contributed by atoms with van der Waals surface area (Å²) >= 11 is 6.00. The van der Waals surface area contributed by atoms with Crippen molar-refractivity contribution in [2.45, 2.75) is 40.5 Å². The van der Waals surface area contributed by atoms with Crippen molar-refractivity contribution in [3.8, 4) is 0 Å². The normalized spacial score (nSPS) is 11.6. The summed E-state index contributed by atoms with van der Waals surface area (Å²) in [6, 6.07) is 3.59. The van der Waals surface area contributed by atoms with Crippen LogP contribution in [0, 0.1) is 12.3 Å². The summed E-state index contributed by atoms with van der Waals surface area (Å²) < 4.78 is 0. The first-order valence-electron chi connectivity index (χ1n) is 5.56. The average molecular weight is 240 g/mol. The molecule has 0 fully saturated rings. The molecular formula is C13H18ClNO. The lowest BCUT2D eigenvalue weighted by atomic mass is 9.81. The minimum Gasteiger partial charge on any atom is -0.293 e. The van der Waals surface area contributed by atoms with Crippen molar-refractivity contribution < 1.29 is 4.79 Å². The van der Waals surface area contributed by atoms with Gasteiger partial charge < -0.3 is 0 Å². The van der Waals surface area contributed by atoms with Gasteiger partial charge in [-0.05, 0) is 25.5 Å². The molecule has 2 nitrogen and oxygen atoms in total. The Morgan fingerprint density at radius 2 is 2.06 bits per heavy atom. The van der Waals surface area contributed by atoms with Gasteiger partial charge in [0.15, 0.2) is 5.78 Å². The molecule has 88 valence electrons. The molecule has 0 aliphatic carbocycles. The highest BCUT2D eigenvalue weighted by Crippen LogP contribution is 2.29. The van der Waals surface area contributed by atoms with Crippen LogP contribution in [-0.4, -0.2) is 10.8 Å². The number of aryl methyl sites for hydroxylation is 1. The minimum atomic E-state index is -0.366. The van der Waals surface area contributed by atoms with Gasteiger partial charge in [-0.1, -0.05) is 38.8 Å². The zero-order valence-electron chi connectivity index (χ0n) is 10.3. The molecule has 0 saturated carbocycles. The molecule has 16 heavy (non-hydrogen) atoms. The van der Waals surface area contributed by atoms with Crippen molar-refractivity contribution >= 4 is 17.4 Å². The van der Waals surface area contributed by atoms with E-state index in [1.54, 1.807) is 6.07 Å². The van der Waals surface area contributed by atoms with Crippen LogP contribution in [-0.2, 0) is 0 Å². The third-order valence-electron chi connectivity index (χ3n) is 2.72. The standard InChI is InChI=1S/C13H18ClNO/c1-5-8-13(3,4)11(16)10-7-6-9(2)15-12(10)14/h6-7H,5,8H2,1-4H3. The lowest BCUT2D eigenvalue weighted by molar-refractivity contribution is 0.0825. The van der Waals surface area contributed by atoms with Crippen molar-refractivity contribution in [1.82, 2.24) is 4.98 Å². The summed E-state index contributed by atoms with van der Waals surface area (Å²) in [7, 11) is 0. The van der Waals surface area contributed by atoms with Crippen LogP contribution in [0.2, 0.25) is 5.15 Å². The molecule has 0 saturated heterocycles. The van der Waals surface area contributed by atoms with E-state index < -0.39 is 0 Å². The van der Waals surface area contributed by atoms with Crippen molar-refractivity contribution in [2.75, 3.05) is 0 Å². The molecule has 0 unspecified atom stereocenters. The van der Waals surface area contributed by atoms with E-state index in [0.29, 0.717) is 10.7 Å². The number of Topliss-reactive ketones (excluding diaryl/α,β-unsaturated/α-hetero) is 1. The van der Waals surface area contributed by atoms with Crippen LogP contribution >= 0.6 is 11.6 Å². The number of halogens is 1. The van der Waals surface area contributed by atoms with Crippen LogP contribution in [0.25, 0.3) is 0 Å². The Bertz CT molecular complexity index is 399. The van der Waals surface area contributed by atoms with Gasteiger partial charge in [-0.25, -0.2) is 4.98 Å². The van der Waals surface area contributed by atoms with E-state index in [-0.39, 0.29) is 11.2 Å². The SMILES string of the molecule is CCCC(C)(C)C(=O)c1ccc(C)nc1Cl. The largest absolute Gasteiger partial charge is 0.293 e. The molecule has 0 spiro atoms. The Kier molecular flexibility index (Phi) is 4.09. The second kappa shape index (κ2) is 4.96. The van der Waals surface area contributed by atoms with Crippen molar-refractivity contribution in [2.24, 2.45) is 5.41 Å². The summed E-state index contributed by atoms with van der Waals surface area (Å²) in [5, 5.41) is 0.314. The van der Waals surface area contributed by atoms with E-state index >= 15 is 0 Å². The quantitative estimate of drug-likeness (QED) is 0.586. The van der Waals surface area contributed by atoms with Crippen LogP contribution in [0.4, 0.5) is 0 Å². The zero-order chi connectivity index (χ0) is 12.3. The molecule has 1 rings (SSSR count). The van der Waals surface area contributed by atoms with Crippen molar-refractivity contribution in [3.63, 3.8) is 0 Å². The maximum Gasteiger partial charge on any atom is 0.171 e. The fourth-order valence-corrected chi connectivity index (χ4v) is 2.08. The summed E-state index contributed by atoms with van der Waals surface area (Å²) in [5.74, 6) is 0.0758. The van der Waals surface area contributed by atoms with Crippen LogP contribution in [0.1, 0.15) is 49.7 Å². The Morgan fingerprint density at radius 1 is 1.44 bits per heavy atom. The Balaban J connectivity index is 3.05. The maximum absolute atomic E-state index is 12.3. The lowest BCUT2D eigenvalue weighted by Gasteiger charge is -2.22. The van der Waals surface area contributed by atoms with E-state index in [1.165, 1.54) is 0 Å². The first-order valence-corrected chi connectivity index (χ1v) is 5.94. The molecule has 0 amide bonds. The topological polar surface area (TPSA) is 30.0 Å². The second-order valence-electron chi connectivity index (χ2n) is 4.75. The lowest BCUT2D eigenvalue weighted by Crippen LogP contribution is -2.24. The van der Waals surface area contributed by atoms with Gasteiger partial charge in [-0.3, -0.25) is 4.79 Å². The highest BCUT2D eigenvalue weighted by Gasteiger charge is 2.29. The van der Waals surface area contributed by atoms with Gasteiger partial charge in [0.25, 0.3) is 0 Å². The highest BCUT2D eigenvalue weighted by molar-refractivity contribution is 6.33. The second-order valence-corrected chi connectivity index (χ2v) is 5.11. The van der Waals surface area contributed by atoms with Crippen LogP contribution in [0.5, 0.6) is 0 Å². The van der Waals surface area contributed by atoms with Gasteiger partial charge in [0.05, 0.1) is 5.56 Å². The summed E-state index contributed by atoms with van der Waals surface area (Å²) in [6.45, 7) is 7.84. The Hall–Kier alpha value is -0.890. The number of ketones is 1. The molecule has 0 bridgehead atoms. The third kappa shape index (κ3) is 2.82. The minimum absolute atomic E-state index is 0.0758.